The molecule has 1 rings (SSSR count). The highest BCUT2D eigenvalue weighted by Crippen LogP contribution is 2.22. The van der Waals surface area contributed by atoms with E-state index in [1.54, 1.807) is 25.3 Å². The standard InChI is InChI=1S/C11H17NO4S2/c1-4-7(2)9(10(13)14)12-18(15,16)11-8(3)5-6-17-11/h5-7,9,12H,4H2,1-3H3,(H,13,14)/t7-,9-/m0/s1. The van der Waals surface area contributed by atoms with Crippen molar-refractivity contribution in [3.8, 4) is 0 Å². The lowest BCUT2D eigenvalue weighted by molar-refractivity contribution is -0.140. The minimum absolute atomic E-state index is 0.178. The van der Waals surface area contributed by atoms with Crippen molar-refractivity contribution in [2.75, 3.05) is 0 Å². The van der Waals surface area contributed by atoms with Crippen molar-refractivity contribution < 1.29 is 18.3 Å². The van der Waals surface area contributed by atoms with Crippen LogP contribution in [0, 0.1) is 12.8 Å². The zero-order valence-electron chi connectivity index (χ0n) is 10.5. The Labute approximate surface area is 111 Å². The zero-order chi connectivity index (χ0) is 13.9. The van der Waals surface area contributed by atoms with Crippen LogP contribution in [0.25, 0.3) is 0 Å². The summed E-state index contributed by atoms with van der Waals surface area (Å²) < 4.78 is 26.6. The fourth-order valence-corrected chi connectivity index (χ4v) is 4.23. The number of nitrogens with one attached hydrogen (secondary N) is 1. The van der Waals surface area contributed by atoms with Gasteiger partial charge in [-0.1, -0.05) is 20.3 Å². The first kappa shape index (κ1) is 15.1. The molecule has 0 aliphatic carbocycles. The van der Waals surface area contributed by atoms with E-state index >= 15 is 0 Å². The molecule has 0 aromatic carbocycles. The van der Waals surface area contributed by atoms with E-state index in [0.717, 1.165) is 11.3 Å². The van der Waals surface area contributed by atoms with E-state index in [-0.39, 0.29) is 10.1 Å². The second-order valence-corrected chi connectivity index (χ2v) is 7.04. The molecular weight excluding hydrogens is 274 g/mol. The van der Waals surface area contributed by atoms with Crippen LogP contribution >= 0.6 is 11.3 Å². The van der Waals surface area contributed by atoms with E-state index in [4.69, 9.17) is 5.11 Å². The quantitative estimate of drug-likeness (QED) is 0.837. The average molecular weight is 291 g/mol. The molecule has 0 aliphatic heterocycles. The second kappa shape index (κ2) is 5.81. The lowest BCUT2D eigenvalue weighted by atomic mass is 10.0. The number of sulfonamides is 1. The Kier molecular flexibility index (Phi) is 4.89. The first-order valence-corrected chi connectivity index (χ1v) is 7.95. The van der Waals surface area contributed by atoms with Gasteiger partial charge in [-0.15, -0.1) is 11.3 Å². The Morgan fingerprint density at radius 1 is 1.56 bits per heavy atom. The molecule has 0 radical (unpaired) electrons. The van der Waals surface area contributed by atoms with E-state index in [9.17, 15) is 13.2 Å². The summed E-state index contributed by atoms with van der Waals surface area (Å²) in [6.45, 7) is 5.22. The number of thiophene rings is 1. The van der Waals surface area contributed by atoms with Crippen molar-refractivity contribution in [3.05, 3.63) is 17.0 Å². The predicted octanol–water partition coefficient (Wildman–Crippen LogP) is 1.83. The Bertz CT molecular complexity index is 521. The lowest BCUT2D eigenvalue weighted by Gasteiger charge is -2.19. The number of carboxylic acids is 1. The van der Waals surface area contributed by atoms with Gasteiger partial charge in [0.25, 0.3) is 10.0 Å². The van der Waals surface area contributed by atoms with E-state index in [2.05, 4.69) is 4.72 Å². The largest absolute Gasteiger partial charge is 0.480 e. The summed E-state index contributed by atoms with van der Waals surface area (Å²) in [6.07, 6.45) is 0.586. The fourth-order valence-electron chi connectivity index (χ4n) is 1.50. The Morgan fingerprint density at radius 2 is 2.17 bits per heavy atom. The summed E-state index contributed by atoms with van der Waals surface area (Å²) in [7, 11) is -3.76. The van der Waals surface area contributed by atoms with Gasteiger partial charge in [0.15, 0.2) is 0 Å². The van der Waals surface area contributed by atoms with Crippen LogP contribution in [0.5, 0.6) is 0 Å². The van der Waals surface area contributed by atoms with Crippen molar-refractivity contribution in [1.29, 1.82) is 0 Å². The number of hydrogen-bond donors (Lipinski definition) is 2. The summed E-state index contributed by atoms with van der Waals surface area (Å²) in [6, 6.07) is 0.597. The number of carboxylic acid groups (broad SMARTS) is 1. The van der Waals surface area contributed by atoms with Gasteiger partial charge in [-0.2, -0.15) is 4.72 Å². The van der Waals surface area contributed by atoms with Gasteiger partial charge in [0.05, 0.1) is 0 Å². The van der Waals surface area contributed by atoms with Crippen LogP contribution in [-0.2, 0) is 14.8 Å². The van der Waals surface area contributed by atoms with Crippen LogP contribution in [0.15, 0.2) is 15.7 Å². The average Bonchev–Trinajstić information content (AvgIpc) is 2.72. The molecular formula is C11H17NO4S2. The predicted molar refractivity (Wildman–Crippen MR) is 70.3 cm³/mol. The van der Waals surface area contributed by atoms with Crippen LogP contribution in [-0.4, -0.2) is 25.5 Å². The third kappa shape index (κ3) is 3.30. The number of aryl methyl sites for hydroxylation is 1. The maximum Gasteiger partial charge on any atom is 0.322 e. The monoisotopic (exact) mass is 291 g/mol. The minimum Gasteiger partial charge on any atom is -0.480 e. The minimum atomic E-state index is -3.76. The SMILES string of the molecule is CC[C@H](C)[C@H](NS(=O)(=O)c1sccc1C)C(=O)O. The van der Waals surface area contributed by atoms with Crippen LogP contribution in [0.4, 0.5) is 0 Å². The van der Waals surface area contributed by atoms with E-state index in [1.807, 2.05) is 6.92 Å². The third-order valence-corrected chi connectivity index (χ3v) is 5.95. The summed E-state index contributed by atoms with van der Waals surface area (Å²) in [5.41, 5.74) is 0.626. The van der Waals surface area contributed by atoms with Gasteiger partial charge in [-0.25, -0.2) is 8.42 Å². The van der Waals surface area contributed by atoms with E-state index in [0.29, 0.717) is 12.0 Å². The van der Waals surface area contributed by atoms with Crippen molar-refractivity contribution in [1.82, 2.24) is 4.72 Å². The van der Waals surface area contributed by atoms with E-state index in [1.165, 1.54) is 0 Å². The summed E-state index contributed by atoms with van der Waals surface area (Å²) in [5.74, 6) is -1.42. The van der Waals surface area contributed by atoms with E-state index < -0.39 is 22.0 Å². The van der Waals surface area contributed by atoms with Gasteiger partial charge in [0, 0.05) is 0 Å². The Hall–Kier alpha value is -0.920. The van der Waals surface area contributed by atoms with Gasteiger partial charge in [-0.3, -0.25) is 4.79 Å². The molecule has 2 atom stereocenters. The van der Waals surface area contributed by atoms with Crippen LogP contribution < -0.4 is 4.72 Å². The van der Waals surface area contributed by atoms with Crippen molar-refractivity contribution >= 4 is 27.3 Å². The molecule has 0 saturated carbocycles. The highest BCUT2D eigenvalue weighted by molar-refractivity contribution is 7.91. The molecule has 0 unspecified atom stereocenters. The highest BCUT2D eigenvalue weighted by atomic mass is 32.2. The van der Waals surface area contributed by atoms with Gasteiger partial charge < -0.3 is 5.11 Å². The maximum atomic E-state index is 12.1. The van der Waals surface area contributed by atoms with Gasteiger partial charge in [-0.05, 0) is 29.9 Å². The van der Waals surface area contributed by atoms with Crippen LogP contribution in [0.2, 0.25) is 0 Å². The second-order valence-electron chi connectivity index (χ2n) is 4.21. The van der Waals surface area contributed by atoms with Gasteiger partial charge in [0.1, 0.15) is 10.3 Å². The number of rotatable bonds is 6. The molecule has 1 aromatic heterocycles. The number of aliphatic carboxylic acids is 1. The molecule has 18 heavy (non-hydrogen) atoms. The smallest absolute Gasteiger partial charge is 0.322 e. The topological polar surface area (TPSA) is 83.5 Å². The molecule has 2 N–H and O–H groups in total. The summed E-state index contributed by atoms with van der Waals surface area (Å²) in [4.78, 5) is 11.1. The zero-order valence-corrected chi connectivity index (χ0v) is 12.1. The molecule has 1 heterocycles. The first-order chi connectivity index (χ1) is 8.29. The molecule has 1 aromatic rings. The molecule has 7 heteroatoms. The van der Waals surface area contributed by atoms with Crippen molar-refractivity contribution in [2.24, 2.45) is 5.92 Å². The normalized spacial score (nSPS) is 15.3. The Morgan fingerprint density at radius 3 is 2.56 bits per heavy atom. The first-order valence-electron chi connectivity index (χ1n) is 5.58. The third-order valence-electron chi connectivity index (χ3n) is 2.82. The molecule has 102 valence electrons. The summed E-state index contributed by atoms with van der Waals surface area (Å²) >= 11 is 1.09. The summed E-state index contributed by atoms with van der Waals surface area (Å²) in [5, 5.41) is 10.8. The molecule has 0 fully saturated rings. The van der Waals surface area contributed by atoms with Gasteiger partial charge in [0.2, 0.25) is 0 Å². The van der Waals surface area contributed by atoms with Gasteiger partial charge >= 0.3 is 5.97 Å². The molecule has 0 bridgehead atoms. The highest BCUT2D eigenvalue weighted by Gasteiger charge is 2.30. The van der Waals surface area contributed by atoms with Crippen molar-refractivity contribution in [2.45, 2.75) is 37.4 Å². The number of hydrogen-bond acceptors (Lipinski definition) is 4. The molecule has 0 saturated heterocycles. The molecule has 0 spiro atoms. The van der Waals surface area contributed by atoms with Crippen molar-refractivity contribution in [3.63, 3.8) is 0 Å². The lowest BCUT2D eigenvalue weighted by Crippen LogP contribution is -2.44. The molecule has 0 aliphatic rings. The fraction of sp³-hybridized carbons (Fsp3) is 0.545. The van der Waals surface area contributed by atoms with Crippen LogP contribution in [0.3, 0.4) is 0 Å². The van der Waals surface area contributed by atoms with Crippen LogP contribution in [0.1, 0.15) is 25.8 Å². The molecule has 0 amide bonds. The Balaban J connectivity index is 3.01. The number of carbonyl (C=O) groups is 1. The molecule has 5 nitrogen and oxygen atoms in total. The maximum absolute atomic E-state index is 12.1.